The third-order valence-electron chi connectivity index (χ3n) is 1.58. The molecule has 0 fully saturated rings. The standard InChI is InChI=1S/C8H5NOS2/c10-4-5-1-2-7-6(3-5)9-8(11)12-7/h1-4H,(H,9,11). The third-order valence-corrected chi connectivity index (χ3v) is 2.79. The van der Waals surface area contributed by atoms with Gasteiger partial charge in [-0.2, -0.15) is 0 Å². The Hall–Kier alpha value is -1.00. The van der Waals surface area contributed by atoms with Crippen LogP contribution in [-0.2, 0) is 0 Å². The van der Waals surface area contributed by atoms with Crippen molar-refractivity contribution in [3.05, 3.63) is 27.7 Å². The first-order valence-electron chi connectivity index (χ1n) is 3.37. The van der Waals surface area contributed by atoms with Crippen molar-refractivity contribution < 1.29 is 4.79 Å². The Labute approximate surface area is 77.9 Å². The van der Waals surface area contributed by atoms with E-state index in [1.807, 2.05) is 6.07 Å². The zero-order chi connectivity index (χ0) is 8.55. The van der Waals surface area contributed by atoms with Crippen molar-refractivity contribution in [1.29, 1.82) is 0 Å². The zero-order valence-corrected chi connectivity index (χ0v) is 7.67. The third kappa shape index (κ3) is 1.19. The van der Waals surface area contributed by atoms with Crippen molar-refractivity contribution in [2.24, 2.45) is 0 Å². The number of nitrogens with one attached hydrogen (secondary N) is 1. The lowest BCUT2D eigenvalue weighted by molar-refractivity contribution is 0.112. The average molecular weight is 195 g/mol. The highest BCUT2D eigenvalue weighted by molar-refractivity contribution is 7.73. The maximum atomic E-state index is 10.4. The first-order chi connectivity index (χ1) is 5.79. The molecule has 0 saturated carbocycles. The number of rotatable bonds is 1. The van der Waals surface area contributed by atoms with Gasteiger partial charge in [0.25, 0.3) is 0 Å². The summed E-state index contributed by atoms with van der Waals surface area (Å²) in [4.78, 5) is 13.4. The summed E-state index contributed by atoms with van der Waals surface area (Å²) in [5.74, 6) is 0. The van der Waals surface area contributed by atoms with E-state index in [1.165, 1.54) is 11.3 Å². The van der Waals surface area contributed by atoms with Gasteiger partial charge in [-0.05, 0) is 24.4 Å². The lowest BCUT2D eigenvalue weighted by atomic mass is 10.2. The molecule has 0 aliphatic heterocycles. The summed E-state index contributed by atoms with van der Waals surface area (Å²) >= 11 is 6.48. The van der Waals surface area contributed by atoms with Gasteiger partial charge in [0, 0.05) is 5.56 Å². The van der Waals surface area contributed by atoms with Crippen molar-refractivity contribution in [3.8, 4) is 0 Å². The second-order valence-corrected chi connectivity index (χ2v) is 4.11. The minimum atomic E-state index is 0.673. The smallest absolute Gasteiger partial charge is 0.159 e. The number of fused-ring (bicyclic) bond motifs is 1. The van der Waals surface area contributed by atoms with E-state index in [9.17, 15) is 4.79 Å². The summed E-state index contributed by atoms with van der Waals surface area (Å²) in [6.07, 6.45) is 0.827. The minimum Gasteiger partial charge on any atom is -0.337 e. The number of carbonyl (C=O) groups is 1. The van der Waals surface area contributed by atoms with Crippen molar-refractivity contribution in [1.82, 2.24) is 4.98 Å². The minimum absolute atomic E-state index is 0.673. The van der Waals surface area contributed by atoms with Gasteiger partial charge in [-0.1, -0.05) is 6.07 Å². The van der Waals surface area contributed by atoms with Gasteiger partial charge in [0.2, 0.25) is 0 Å². The molecule has 0 radical (unpaired) electrons. The molecule has 0 amide bonds. The Balaban J connectivity index is 2.82. The lowest BCUT2D eigenvalue weighted by Gasteiger charge is -1.88. The SMILES string of the molecule is O=Cc1ccc2sc(=S)[nH]c2c1. The first-order valence-corrected chi connectivity index (χ1v) is 4.60. The van der Waals surface area contributed by atoms with E-state index in [1.54, 1.807) is 12.1 Å². The van der Waals surface area contributed by atoms with Crippen molar-refractivity contribution in [3.63, 3.8) is 0 Å². The first kappa shape index (κ1) is 7.64. The van der Waals surface area contributed by atoms with E-state index < -0.39 is 0 Å². The van der Waals surface area contributed by atoms with E-state index in [-0.39, 0.29) is 0 Å². The van der Waals surface area contributed by atoms with E-state index in [4.69, 9.17) is 12.2 Å². The predicted octanol–water partition coefficient (Wildman–Crippen LogP) is 2.77. The van der Waals surface area contributed by atoms with Crippen LogP contribution in [0.4, 0.5) is 0 Å². The number of H-pyrrole nitrogens is 1. The highest BCUT2D eigenvalue weighted by atomic mass is 32.1. The molecule has 0 bridgehead atoms. The molecule has 0 unspecified atom stereocenters. The number of hydrogen-bond donors (Lipinski definition) is 1. The number of benzene rings is 1. The average Bonchev–Trinajstić information content (AvgIpc) is 2.43. The Morgan fingerprint density at radius 3 is 3.08 bits per heavy atom. The maximum Gasteiger partial charge on any atom is 0.159 e. The van der Waals surface area contributed by atoms with Crippen LogP contribution < -0.4 is 0 Å². The Kier molecular flexibility index (Phi) is 1.78. The molecular weight excluding hydrogens is 190 g/mol. The van der Waals surface area contributed by atoms with Gasteiger partial charge in [-0.25, -0.2) is 0 Å². The predicted molar refractivity (Wildman–Crippen MR) is 52.4 cm³/mol. The number of aldehydes is 1. The fourth-order valence-electron chi connectivity index (χ4n) is 1.04. The van der Waals surface area contributed by atoms with Crippen molar-refractivity contribution in [2.75, 3.05) is 0 Å². The van der Waals surface area contributed by atoms with Gasteiger partial charge in [0.1, 0.15) is 6.29 Å². The summed E-state index contributed by atoms with van der Waals surface area (Å²) in [5, 5.41) is 0. The molecule has 2 nitrogen and oxygen atoms in total. The summed E-state index contributed by atoms with van der Waals surface area (Å²) in [7, 11) is 0. The van der Waals surface area contributed by atoms with E-state index in [2.05, 4.69) is 4.98 Å². The maximum absolute atomic E-state index is 10.4. The molecule has 1 aromatic heterocycles. The molecule has 0 atom stereocenters. The van der Waals surface area contributed by atoms with Crippen LogP contribution in [0, 0.1) is 3.95 Å². The van der Waals surface area contributed by atoms with Crippen LogP contribution >= 0.6 is 23.6 Å². The van der Waals surface area contributed by atoms with Crippen LogP contribution in [0.25, 0.3) is 10.2 Å². The van der Waals surface area contributed by atoms with Crippen LogP contribution in [0.3, 0.4) is 0 Å². The second-order valence-electron chi connectivity index (χ2n) is 2.39. The molecule has 60 valence electrons. The molecule has 0 aliphatic rings. The number of aromatic nitrogens is 1. The van der Waals surface area contributed by atoms with Crippen molar-refractivity contribution in [2.45, 2.75) is 0 Å². The molecule has 1 N–H and O–H groups in total. The van der Waals surface area contributed by atoms with Crippen LogP contribution in [0.1, 0.15) is 10.4 Å². The van der Waals surface area contributed by atoms with Crippen LogP contribution in [-0.4, -0.2) is 11.3 Å². The summed E-state index contributed by atoms with van der Waals surface area (Å²) in [6, 6.07) is 5.49. The Morgan fingerprint density at radius 1 is 1.50 bits per heavy atom. The van der Waals surface area contributed by atoms with Gasteiger partial charge in [-0.3, -0.25) is 4.79 Å². The number of aromatic amines is 1. The lowest BCUT2D eigenvalue weighted by Crippen LogP contribution is -1.77. The molecule has 0 spiro atoms. The molecule has 1 heterocycles. The molecule has 0 saturated heterocycles. The van der Waals surface area contributed by atoms with Gasteiger partial charge in [0.15, 0.2) is 3.95 Å². The normalized spacial score (nSPS) is 10.3. The summed E-state index contributed by atoms with van der Waals surface area (Å²) in [6.45, 7) is 0. The van der Waals surface area contributed by atoms with Crippen molar-refractivity contribution >= 4 is 40.1 Å². The second kappa shape index (κ2) is 2.80. The molecule has 1 aromatic carbocycles. The largest absolute Gasteiger partial charge is 0.337 e. The molecule has 12 heavy (non-hydrogen) atoms. The Morgan fingerprint density at radius 2 is 2.33 bits per heavy atom. The molecule has 2 aromatic rings. The van der Waals surface area contributed by atoms with E-state index in [0.29, 0.717) is 5.56 Å². The van der Waals surface area contributed by atoms with Gasteiger partial charge >= 0.3 is 0 Å². The highest BCUT2D eigenvalue weighted by Crippen LogP contribution is 2.19. The topological polar surface area (TPSA) is 32.9 Å². The van der Waals surface area contributed by atoms with Gasteiger partial charge < -0.3 is 4.98 Å². The summed E-state index contributed by atoms with van der Waals surface area (Å²) in [5.41, 5.74) is 1.61. The number of carbonyl (C=O) groups excluding carboxylic acids is 1. The van der Waals surface area contributed by atoms with Crippen LogP contribution in [0.15, 0.2) is 18.2 Å². The quantitative estimate of drug-likeness (QED) is 0.560. The Bertz CT molecular complexity index is 483. The molecule has 2 rings (SSSR count). The van der Waals surface area contributed by atoms with E-state index in [0.717, 1.165) is 20.5 Å². The summed E-state index contributed by atoms with van der Waals surface area (Å²) < 4.78 is 1.83. The molecule has 0 aliphatic carbocycles. The van der Waals surface area contributed by atoms with Crippen LogP contribution in [0.5, 0.6) is 0 Å². The monoisotopic (exact) mass is 195 g/mol. The number of hydrogen-bond acceptors (Lipinski definition) is 3. The number of thiazole rings is 1. The molecular formula is C8H5NOS2. The molecule has 4 heteroatoms. The zero-order valence-electron chi connectivity index (χ0n) is 6.03. The van der Waals surface area contributed by atoms with Crippen LogP contribution in [0.2, 0.25) is 0 Å². The highest BCUT2D eigenvalue weighted by Gasteiger charge is 1.97. The fraction of sp³-hybridized carbons (Fsp3) is 0. The fourth-order valence-corrected chi connectivity index (χ4v) is 2.14. The van der Waals surface area contributed by atoms with E-state index >= 15 is 0 Å². The van der Waals surface area contributed by atoms with Gasteiger partial charge in [0.05, 0.1) is 10.2 Å². The van der Waals surface area contributed by atoms with Gasteiger partial charge in [-0.15, -0.1) is 11.3 Å².